The zero-order chi connectivity index (χ0) is 23.0. The average Bonchev–Trinajstić information content (AvgIpc) is 3.28. The van der Waals surface area contributed by atoms with Crippen molar-refractivity contribution < 1.29 is 18.0 Å². The Labute approximate surface area is 186 Å². The summed E-state index contributed by atoms with van der Waals surface area (Å²) in [5, 5.41) is 3.72. The lowest BCUT2D eigenvalue weighted by Gasteiger charge is -2.28. The molecule has 2 aromatic rings. The van der Waals surface area contributed by atoms with Crippen LogP contribution in [0.5, 0.6) is 0 Å². The Bertz CT molecular complexity index is 923. The molecule has 31 heavy (non-hydrogen) atoms. The van der Waals surface area contributed by atoms with E-state index in [4.69, 9.17) is 11.6 Å². The van der Waals surface area contributed by atoms with Gasteiger partial charge in [-0.3, -0.25) is 4.79 Å². The number of halogens is 4. The normalized spacial score (nSPS) is 17.2. The maximum absolute atomic E-state index is 14.0. The smallest absolute Gasteiger partial charge is 0.340 e. The molecule has 0 saturated carbocycles. The summed E-state index contributed by atoms with van der Waals surface area (Å²) < 4.78 is 43.3. The molecule has 0 bridgehead atoms. The molecule has 170 valence electrons. The molecule has 1 N–H and O–H groups in total. The van der Waals surface area contributed by atoms with E-state index in [9.17, 15) is 18.0 Å². The number of carbonyl (C=O) groups is 1. The van der Waals surface area contributed by atoms with Crippen LogP contribution in [0.3, 0.4) is 0 Å². The molecule has 1 aliphatic rings. The summed E-state index contributed by atoms with van der Waals surface area (Å²) in [6.07, 6.45) is -2.90. The first-order chi connectivity index (χ1) is 14.4. The molecule has 2 heterocycles. The third kappa shape index (κ3) is 5.63. The molecule has 8 heteroatoms. The Hall–Kier alpha value is -1.99. The quantitative estimate of drug-likeness (QED) is 0.628. The maximum Gasteiger partial charge on any atom is 0.431 e. The highest BCUT2D eigenvalue weighted by Crippen LogP contribution is 2.38. The number of carbonyl (C=O) groups excluding carboxylic acids is 1. The van der Waals surface area contributed by atoms with Crippen molar-refractivity contribution in [3.63, 3.8) is 0 Å². The fourth-order valence-corrected chi connectivity index (χ4v) is 4.28. The number of nitrogens with zero attached hydrogens (tertiary/aromatic N) is 2. The summed E-state index contributed by atoms with van der Waals surface area (Å²) in [5.41, 5.74) is -0.135. The van der Waals surface area contributed by atoms with E-state index in [2.05, 4.69) is 5.32 Å². The zero-order valence-corrected chi connectivity index (χ0v) is 19.1. The van der Waals surface area contributed by atoms with Crippen molar-refractivity contribution in [1.29, 1.82) is 0 Å². The van der Waals surface area contributed by atoms with Gasteiger partial charge in [-0.1, -0.05) is 44.5 Å². The molecule has 1 aromatic carbocycles. The van der Waals surface area contributed by atoms with Gasteiger partial charge in [0.25, 0.3) is 5.91 Å². The zero-order valence-electron chi connectivity index (χ0n) is 18.3. The number of alkyl halides is 3. The number of rotatable bonds is 5. The van der Waals surface area contributed by atoms with Crippen LogP contribution in [0.25, 0.3) is 11.1 Å². The summed E-state index contributed by atoms with van der Waals surface area (Å²) in [7, 11) is 1.64. The van der Waals surface area contributed by atoms with E-state index < -0.39 is 17.8 Å². The Balaban J connectivity index is 2.17. The molecule has 1 aromatic heterocycles. The van der Waals surface area contributed by atoms with E-state index >= 15 is 0 Å². The van der Waals surface area contributed by atoms with Crippen molar-refractivity contribution in [2.75, 3.05) is 20.1 Å². The Morgan fingerprint density at radius 3 is 2.39 bits per heavy atom. The van der Waals surface area contributed by atoms with Crippen LogP contribution in [0.15, 0.2) is 30.3 Å². The second-order valence-electron chi connectivity index (χ2n) is 9.42. The maximum atomic E-state index is 14.0. The van der Waals surface area contributed by atoms with Crippen molar-refractivity contribution in [2.45, 2.75) is 52.4 Å². The van der Waals surface area contributed by atoms with E-state index in [0.717, 1.165) is 30.0 Å². The van der Waals surface area contributed by atoms with Crippen LogP contribution >= 0.6 is 11.6 Å². The largest absolute Gasteiger partial charge is 0.431 e. The third-order valence-electron chi connectivity index (χ3n) is 5.37. The molecule has 0 radical (unpaired) electrons. The standard InChI is InChI=1S/C23H29ClF3N3O/c1-22(2,3)14-29(4)21(31)20-18(15-7-9-16(24)10-8-15)12-19(23(25,26)27)30(20)13-17-6-5-11-28-17/h7-10,12,17,28H,5-6,11,13-14H2,1-4H3. The SMILES string of the molecule is CN(CC(C)(C)C)C(=O)c1c(-c2ccc(Cl)cc2)cc(C(F)(F)F)n1CC1CCCN1. The van der Waals surface area contributed by atoms with Crippen molar-refractivity contribution in [3.05, 3.63) is 46.7 Å². The molecular formula is C23H29ClF3N3O. The summed E-state index contributed by atoms with van der Waals surface area (Å²) in [4.78, 5) is 15.0. The second-order valence-corrected chi connectivity index (χ2v) is 9.86. The molecule has 1 atom stereocenters. The number of benzene rings is 1. The first-order valence-electron chi connectivity index (χ1n) is 10.4. The Morgan fingerprint density at radius 2 is 1.87 bits per heavy atom. The van der Waals surface area contributed by atoms with Crippen molar-refractivity contribution >= 4 is 17.5 Å². The molecule has 3 rings (SSSR count). The van der Waals surface area contributed by atoms with E-state index in [0.29, 0.717) is 17.1 Å². The molecule has 1 fully saturated rings. The van der Waals surface area contributed by atoms with Crippen LogP contribution in [0.2, 0.25) is 5.02 Å². The minimum absolute atomic E-state index is 0.0649. The van der Waals surface area contributed by atoms with Crippen molar-refractivity contribution in [1.82, 2.24) is 14.8 Å². The van der Waals surface area contributed by atoms with Gasteiger partial charge in [-0.2, -0.15) is 13.2 Å². The summed E-state index contributed by atoms with van der Waals surface area (Å²) >= 11 is 5.98. The minimum Gasteiger partial charge on any atom is -0.340 e. The second kappa shape index (κ2) is 8.87. The first kappa shape index (κ1) is 23.7. The number of hydrogen-bond acceptors (Lipinski definition) is 2. The highest BCUT2D eigenvalue weighted by atomic mass is 35.5. The minimum atomic E-state index is -4.58. The van der Waals surface area contributed by atoms with E-state index in [-0.39, 0.29) is 29.3 Å². The van der Waals surface area contributed by atoms with Gasteiger partial charge in [-0.25, -0.2) is 0 Å². The predicted molar refractivity (Wildman–Crippen MR) is 117 cm³/mol. The molecule has 1 saturated heterocycles. The van der Waals surface area contributed by atoms with E-state index in [1.165, 1.54) is 4.90 Å². The van der Waals surface area contributed by atoms with Crippen LogP contribution in [0, 0.1) is 5.41 Å². The lowest BCUT2D eigenvalue weighted by molar-refractivity contribution is -0.143. The van der Waals surface area contributed by atoms with Gasteiger partial charge in [-0.05, 0) is 48.6 Å². The number of nitrogens with one attached hydrogen (secondary N) is 1. The fraction of sp³-hybridized carbons (Fsp3) is 0.522. The van der Waals surface area contributed by atoms with Crippen LogP contribution in [-0.2, 0) is 12.7 Å². The van der Waals surface area contributed by atoms with Gasteiger partial charge >= 0.3 is 6.18 Å². The number of aromatic nitrogens is 1. The summed E-state index contributed by atoms with van der Waals surface area (Å²) in [6, 6.07) is 7.52. The lowest BCUT2D eigenvalue weighted by Crippen LogP contribution is -2.37. The summed E-state index contributed by atoms with van der Waals surface area (Å²) in [6.45, 7) is 7.23. The van der Waals surface area contributed by atoms with E-state index in [1.807, 2.05) is 20.8 Å². The number of amides is 1. The summed E-state index contributed by atoms with van der Waals surface area (Å²) in [5.74, 6) is -0.423. The number of hydrogen-bond donors (Lipinski definition) is 1. The van der Waals surface area contributed by atoms with Gasteiger partial charge in [0.1, 0.15) is 11.4 Å². The lowest BCUT2D eigenvalue weighted by atomic mass is 9.96. The van der Waals surface area contributed by atoms with Gasteiger partial charge in [0.15, 0.2) is 0 Å². The van der Waals surface area contributed by atoms with Crippen molar-refractivity contribution in [2.24, 2.45) is 5.41 Å². The highest BCUT2D eigenvalue weighted by Gasteiger charge is 2.39. The Morgan fingerprint density at radius 1 is 1.23 bits per heavy atom. The van der Waals surface area contributed by atoms with E-state index in [1.54, 1.807) is 31.3 Å². The Kier molecular flexibility index (Phi) is 6.77. The first-order valence-corrected chi connectivity index (χ1v) is 10.8. The third-order valence-corrected chi connectivity index (χ3v) is 5.62. The predicted octanol–water partition coefficient (Wildman–Crippen LogP) is 5.70. The fourth-order valence-electron chi connectivity index (χ4n) is 4.15. The van der Waals surface area contributed by atoms with Gasteiger partial charge < -0.3 is 14.8 Å². The van der Waals surface area contributed by atoms with Crippen molar-refractivity contribution in [3.8, 4) is 11.1 Å². The highest BCUT2D eigenvalue weighted by molar-refractivity contribution is 6.30. The van der Waals surface area contributed by atoms with Crippen LogP contribution in [0.4, 0.5) is 13.2 Å². The molecule has 0 aliphatic carbocycles. The topological polar surface area (TPSA) is 37.3 Å². The molecule has 1 unspecified atom stereocenters. The average molecular weight is 456 g/mol. The molecular weight excluding hydrogens is 427 g/mol. The van der Waals surface area contributed by atoms with Crippen LogP contribution < -0.4 is 5.32 Å². The molecule has 1 amide bonds. The van der Waals surface area contributed by atoms with Crippen LogP contribution in [-0.4, -0.2) is 41.6 Å². The van der Waals surface area contributed by atoms with Gasteiger partial charge in [0.05, 0.1) is 0 Å². The van der Waals surface area contributed by atoms with Gasteiger partial charge in [0, 0.05) is 36.8 Å². The van der Waals surface area contributed by atoms with Gasteiger partial charge in [0.2, 0.25) is 0 Å². The molecule has 0 spiro atoms. The molecule has 4 nitrogen and oxygen atoms in total. The monoisotopic (exact) mass is 455 g/mol. The molecule has 1 aliphatic heterocycles. The van der Waals surface area contributed by atoms with Crippen LogP contribution in [0.1, 0.15) is 49.8 Å². The van der Waals surface area contributed by atoms with Gasteiger partial charge in [-0.15, -0.1) is 0 Å².